The van der Waals surface area contributed by atoms with Crippen molar-refractivity contribution in [2.24, 2.45) is 0 Å². The molecule has 0 aromatic rings. The first-order valence-electron chi connectivity index (χ1n) is 9.82. The van der Waals surface area contributed by atoms with Gasteiger partial charge in [0.1, 0.15) is 0 Å². The summed E-state index contributed by atoms with van der Waals surface area (Å²) in [5.41, 5.74) is 0. The summed E-state index contributed by atoms with van der Waals surface area (Å²) in [6.45, 7) is 6.18. The Morgan fingerprint density at radius 3 is 1.64 bits per heavy atom. The summed E-state index contributed by atoms with van der Waals surface area (Å²) in [6.07, 6.45) is 25.3. The van der Waals surface area contributed by atoms with Crippen LogP contribution in [0.25, 0.3) is 0 Å². The summed E-state index contributed by atoms with van der Waals surface area (Å²) in [4.78, 5) is 0. The third kappa shape index (κ3) is 17.8. The molecule has 1 unspecified atom stereocenters. The SMILES string of the molecule is [CH2]C(CC=CCCCCCCCCCCCCCCC)OC. The van der Waals surface area contributed by atoms with E-state index in [1.54, 1.807) is 7.11 Å². The first-order valence-corrected chi connectivity index (χ1v) is 9.82. The topological polar surface area (TPSA) is 9.23 Å². The Hall–Kier alpha value is -0.300. The third-order valence-corrected chi connectivity index (χ3v) is 4.37. The molecule has 1 nitrogen and oxygen atoms in total. The highest BCUT2D eigenvalue weighted by Gasteiger charge is 1.95. The van der Waals surface area contributed by atoms with Gasteiger partial charge in [-0.3, -0.25) is 0 Å². The number of rotatable bonds is 17. The van der Waals surface area contributed by atoms with Crippen molar-refractivity contribution < 1.29 is 4.74 Å². The van der Waals surface area contributed by atoms with Crippen LogP contribution >= 0.6 is 0 Å². The molecule has 22 heavy (non-hydrogen) atoms. The van der Waals surface area contributed by atoms with Gasteiger partial charge < -0.3 is 4.74 Å². The number of hydrogen-bond donors (Lipinski definition) is 0. The lowest BCUT2D eigenvalue weighted by atomic mass is 10.0. The molecular weight excluding hydrogens is 268 g/mol. The quantitative estimate of drug-likeness (QED) is 0.203. The van der Waals surface area contributed by atoms with Crippen molar-refractivity contribution in [3.63, 3.8) is 0 Å². The predicted molar refractivity (Wildman–Crippen MR) is 100 cm³/mol. The summed E-state index contributed by atoms with van der Waals surface area (Å²) in [7, 11) is 1.72. The van der Waals surface area contributed by atoms with Crippen molar-refractivity contribution in [1.82, 2.24) is 0 Å². The van der Waals surface area contributed by atoms with Crippen LogP contribution in [0, 0.1) is 6.92 Å². The maximum absolute atomic E-state index is 5.11. The molecule has 131 valence electrons. The molecule has 0 aromatic heterocycles. The minimum Gasteiger partial charge on any atom is -0.381 e. The molecule has 0 amide bonds. The van der Waals surface area contributed by atoms with Gasteiger partial charge in [-0.05, 0) is 26.2 Å². The molecule has 1 radical (unpaired) electrons. The Balaban J connectivity index is 3.05. The zero-order chi connectivity index (χ0) is 16.3. The van der Waals surface area contributed by atoms with E-state index >= 15 is 0 Å². The monoisotopic (exact) mass is 309 g/mol. The minimum absolute atomic E-state index is 0.114. The second kappa shape index (κ2) is 18.7. The summed E-state index contributed by atoms with van der Waals surface area (Å²) in [5.74, 6) is 0. The lowest BCUT2D eigenvalue weighted by Crippen LogP contribution is -2.02. The van der Waals surface area contributed by atoms with Crippen LogP contribution in [0.2, 0.25) is 0 Å². The molecule has 0 rings (SSSR count). The summed E-state index contributed by atoms with van der Waals surface area (Å²) >= 11 is 0. The molecule has 1 atom stereocenters. The molecule has 0 heterocycles. The number of hydrogen-bond acceptors (Lipinski definition) is 1. The lowest BCUT2D eigenvalue weighted by Gasteiger charge is -2.04. The van der Waals surface area contributed by atoms with E-state index in [-0.39, 0.29) is 6.10 Å². The Morgan fingerprint density at radius 2 is 1.18 bits per heavy atom. The molecular formula is C21H41O. The van der Waals surface area contributed by atoms with Crippen LogP contribution in [0.1, 0.15) is 103 Å². The molecule has 0 aliphatic rings. The van der Waals surface area contributed by atoms with Crippen molar-refractivity contribution in [3.05, 3.63) is 19.1 Å². The molecule has 0 bridgehead atoms. The van der Waals surface area contributed by atoms with E-state index in [0.29, 0.717) is 0 Å². The van der Waals surface area contributed by atoms with Gasteiger partial charge in [0.25, 0.3) is 0 Å². The summed E-state index contributed by atoms with van der Waals surface area (Å²) in [5, 5.41) is 0. The van der Waals surface area contributed by atoms with E-state index in [4.69, 9.17) is 4.74 Å². The van der Waals surface area contributed by atoms with Gasteiger partial charge >= 0.3 is 0 Å². The van der Waals surface area contributed by atoms with Gasteiger partial charge in [0.05, 0.1) is 6.10 Å². The van der Waals surface area contributed by atoms with Crippen molar-refractivity contribution in [2.75, 3.05) is 7.11 Å². The Morgan fingerprint density at radius 1 is 0.727 bits per heavy atom. The zero-order valence-electron chi connectivity index (χ0n) is 15.5. The normalized spacial score (nSPS) is 13.0. The van der Waals surface area contributed by atoms with Gasteiger partial charge in [0.2, 0.25) is 0 Å². The lowest BCUT2D eigenvalue weighted by molar-refractivity contribution is 0.141. The molecule has 0 aliphatic heterocycles. The molecule has 0 fully saturated rings. The molecule has 0 saturated carbocycles. The maximum atomic E-state index is 5.11. The average molecular weight is 310 g/mol. The van der Waals surface area contributed by atoms with Gasteiger partial charge in [-0.1, -0.05) is 96.1 Å². The largest absolute Gasteiger partial charge is 0.381 e. The predicted octanol–water partition coefficient (Wildman–Crippen LogP) is 7.26. The van der Waals surface area contributed by atoms with E-state index in [1.807, 2.05) is 0 Å². The minimum atomic E-state index is 0.114. The van der Waals surface area contributed by atoms with Crippen LogP contribution in [-0.4, -0.2) is 13.2 Å². The highest BCUT2D eigenvalue weighted by atomic mass is 16.5. The molecule has 0 N–H and O–H groups in total. The van der Waals surface area contributed by atoms with E-state index < -0.39 is 0 Å². The number of unbranched alkanes of at least 4 members (excludes halogenated alkanes) is 13. The van der Waals surface area contributed by atoms with Crippen molar-refractivity contribution >= 4 is 0 Å². The first kappa shape index (κ1) is 21.7. The van der Waals surface area contributed by atoms with Crippen molar-refractivity contribution in [2.45, 2.75) is 109 Å². The van der Waals surface area contributed by atoms with E-state index in [1.165, 1.54) is 89.9 Å². The second-order valence-electron chi connectivity index (χ2n) is 6.60. The molecule has 1 heteroatoms. The zero-order valence-corrected chi connectivity index (χ0v) is 15.5. The van der Waals surface area contributed by atoms with E-state index in [0.717, 1.165) is 6.42 Å². The van der Waals surface area contributed by atoms with Crippen LogP contribution in [0.5, 0.6) is 0 Å². The van der Waals surface area contributed by atoms with Gasteiger partial charge in [-0.15, -0.1) is 0 Å². The molecule has 0 saturated heterocycles. The van der Waals surface area contributed by atoms with Gasteiger partial charge in [0.15, 0.2) is 0 Å². The van der Waals surface area contributed by atoms with Crippen LogP contribution in [0.4, 0.5) is 0 Å². The second-order valence-corrected chi connectivity index (χ2v) is 6.60. The summed E-state index contributed by atoms with van der Waals surface area (Å²) < 4.78 is 5.11. The molecule has 0 aromatic carbocycles. The van der Waals surface area contributed by atoms with Crippen LogP contribution in [0.15, 0.2) is 12.2 Å². The summed E-state index contributed by atoms with van der Waals surface area (Å²) in [6, 6.07) is 0. The average Bonchev–Trinajstić information content (AvgIpc) is 2.54. The first-order chi connectivity index (χ1) is 10.8. The third-order valence-electron chi connectivity index (χ3n) is 4.37. The number of ether oxygens (including phenoxy) is 1. The smallest absolute Gasteiger partial charge is 0.0606 e. The molecule has 0 aliphatic carbocycles. The van der Waals surface area contributed by atoms with Crippen molar-refractivity contribution in [1.29, 1.82) is 0 Å². The van der Waals surface area contributed by atoms with Gasteiger partial charge in [0, 0.05) is 7.11 Å². The standard InChI is InChI=1S/C21H41O/c1-4-5-6-7-8-9-10-11-12-13-14-15-16-17-18-19-20-21(2)22-3/h18-19,21H,2,4-17,20H2,1,3H3. The number of allylic oxidation sites excluding steroid dienone is 1. The van der Waals surface area contributed by atoms with Crippen LogP contribution in [-0.2, 0) is 4.74 Å². The Bertz CT molecular complexity index is 222. The van der Waals surface area contributed by atoms with Gasteiger partial charge in [-0.2, -0.15) is 0 Å². The van der Waals surface area contributed by atoms with E-state index in [2.05, 4.69) is 26.0 Å². The Labute approximate surface area is 140 Å². The van der Waals surface area contributed by atoms with Crippen molar-refractivity contribution in [3.8, 4) is 0 Å². The maximum Gasteiger partial charge on any atom is 0.0606 e. The van der Waals surface area contributed by atoms with E-state index in [9.17, 15) is 0 Å². The molecule has 0 spiro atoms. The van der Waals surface area contributed by atoms with Crippen LogP contribution < -0.4 is 0 Å². The van der Waals surface area contributed by atoms with Gasteiger partial charge in [-0.25, -0.2) is 0 Å². The fraction of sp³-hybridized carbons (Fsp3) is 0.857. The highest BCUT2D eigenvalue weighted by molar-refractivity contribution is 4.85. The van der Waals surface area contributed by atoms with Crippen LogP contribution in [0.3, 0.4) is 0 Å². The fourth-order valence-electron chi connectivity index (χ4n) is 2.74. The Kier molecular flexibility index (Phi) is 18.5. The highest BCUT2D eigenvalue weighted by Crippen LogP contribution is 2.13. The number of methoxy groups -OCH3 is 1. The fourth-order valence-corrected chi connectivity index (χ4v) is 2.74.